The molecule has 1 saturated heterocycles. The van der Waals surface area contributed by atoms with E-state index in [0.29, 0.717) is 18.2 Å². The molecule has 0 aromatic heterocycles. The predicted octanol–water partition coefficient (Wildman–Crippen LogP) is 0.846. The highest BCUT2D eigenvalue weighted by Gasteiger charge is 2.36. The fourth-order valence-electron chi connectivity index (χ4n) is 2.70. The molecule has 1 aliphatic carbocycles. The van der Waals surface area contributed by atoms with Gasteiger partial charge in [-0.05, 0) is 26.7 Å². The van der Waals surface area contributed by atoms with E-state index in [-0.39, 0.29) is 0 Å². The third-order valence-corrected chi connectivity index (χ3v) is 3.51. The van der Waals surface area contributed by atoms with E-state index in [4.69, 9.17) is 4.74 Å². The van der Waals surface area contributed by atoms with Crippen molar-refractivity contribution >= 4 is 0 Å². The van der Waals surface area contributed by atoms with Crippen molar-refractivity contribution in [3.63, 3.8) is 0 Å². The molecule has 1 saturated carbocycles. The summed E-state index contributed by atoms with van der Waals surface area (Å²) in [5.41, 5.74) is 0. The lowest BCUT2D eigenvalue weighted by atomic mass is 9.86. The first-order valence-electron chi connectivity index (χ1n) is 5.72. The van der Waals surface area contributed by atoms with Gasteiger partial charge in [-0.15, -0.1) is 0 Å². The van der Waals surface area contributed by atoms with Crippen LogP contribution in [0.15, 0.2) is 0 Å². The topological polar surface area (TPSA) is 24.5 Å². The maximum Gasteiger partial charge on any atom is 0.0601 e. The zero-order chi connectivity index (χ0) is 10.1. The van der Waals surface area contributed by atoms with Gasteiger partial charge in [-0.25, -0.2) is 0 Å². The second-order valence-corrected chi connectivity index (χ2v) is 4.91. The molecule has 14 heavy (non-hydrogen) atoms. The first-order chi connectivity index (χ1) is 6.69. The molecule has 82 valence electrons. The van der Waals surface area contributed by atoms with Crippen molar-refractivity contribution in [3.05, 3.63) is 0 Å². The fourth-order valence-corrected chi connectivity index (χ4v) is 2.70. The fraction of sp³-hybridized carbons (Fsp3) is 1.00. The third-order valence-electron chi connectivity index (χ3n) is 3.51. The summed E-state index contributed by atoms with van der Waals surface area (Å²) in [4.78, 5) is 2.63. The average molecular weight is 198 g/mol. The van der Waals surface area contributed by atoms with Gasteiger partial charge in [-0.3, -0.25) is 4.90 Å². The summed E-state index contributed by atoms with van der Waals surface area (Å²) in [6, 6.07) is 2.06. The van der Waals surface area contributed by atoms with E-state index in [9.17, 15) is 0 Å². The number of ether oxygens (including phenoxy) is 1. The van der Waals surface area contributed by atoms with Crippen LogP contribution >= 0.6 is 0 Å². The predicted molar refractivity (Wildman–Crippen MR) is 57.5 cm³/mol. The minimum atomic E-state index is 0.528. The van der Waals surface area contributed by atoms with Gasteiger partial charge < -0.3 is 10.1 Å². The summed E-state index contributed by atoms with van der Waals surface area (Å²) < 4.78 is 5.32. The monoisotopic (exact) mass is 198 g/mol. The summed E-state index contributed by atoms with van der Waals surface area (Å²) in [6.45, 7) is 6.95. The van der Waals surface area contributed by atoms with Gasteiger partial charge in [0.2, 0.25) is 0 Å². The maximum absolute atomic E-state index is 5.32. The molecular formula is C11H22N2O. The largest absolute Gasteiger partial charge is 0.381 e. The van der Waals surface area contributed by atoms with Crippen molar-refractivity contribution in [1.82, 2.24) is 10.2 Å². The van der Waals surface area contributed by atoms with E-state index < -0.39 is 0 Å². The normalized spacial score (nSPS) is 44.8. The lowest BCUT2D eigenvalue weighted by Gasteiger charge is -2.47. The van der Waals surface area contributed by atoms with Crippen LogP contribution < -0.4 is 5.32 Å². The van der Waals surface area contributed by atoms with Crippen molar-refractivity contribution in [2.45, 2.75) is 50.9 Å². The molecule has 1 N–H and O–H groups in total. The molecule has 0 amide bonds. The molecule has 0 aromatic rings. The quantitative estimate of drug-likeness (QED) is 0.712. The summed E-state index contributed by atoms with van der Waals surface area (Å²) in [5, 5.41) is 3.56. The number of methoxy groups -OCH3 is 1. The molecule has 2 rings (SSSR count). The lowest BCUT2D eigenvalue weighted by Crippen LogP contribution is -2.60. The van der Waals surface area contributed by atoms with Crippen LogP contribution in [0.1, 0.15) is 26.7 Å². The molecule has 0 radical (unpaired) electrons. The second kappa shape index (κ2) is 4.17. The number of piperazine rings is 1. The Bertz CT molecular complexity index is 182. The SMILES string of the molecule is COC1CC(N2C[C@H](C)N[C@@H](C)C2)C1. The Morgan fingerprint density at radius 3 is 2.21 bits per heavy atom. The minimum Gasteiger partial charge on any atom is -0.381 e. The van der Waals surface area contributed by atoms with Crippen LogP contribution in [0.5, 0.6) is 0 Å². The van der Waals surface area contributed by atoms with E-state index in [1.54, 1.807) is 0 Å². The molecule has 3 heteroatoms. The Kier molecular flexibility index (Phi) is 3.10. The van der Waals surface area contributed by atoms with Crippen LogP contribution in [0.3, 0.4) is 0 Å². The van der Waals surface area contributed by atoms with Crippen LogP contribution in [0, 0.1) is 0 Å². The first kappa shape index (κ1) is 10.4. The Balaban J connectivity index is 1.81. The van der Waals surface area contributed by atoms with Crippen LogP contribution in [0.2, 0.25) is 0 Å². The number of rotatable bonds is 2. The Hall–Kier alpha value is -0.120. The molecule has 0 spiro atoms. The molecule has 0 aromatic carbocycles. The zero-order valence-electron chi connectivity index (χ0n) is 9.49. The maximum atomic E-state index is 5.32. The van der Waals surface area contributed by atoms with Gasteiger partial charge in [-0.2, -0.15) is 0 Å². The van der Waals surface area contributed by atoms with Crippen LogP contribution in [0.25, 0.3) is 0 Å². The summed E-state index contributed by atoms with van der Waals surface area (Å²) in [6.07, 6.45) is 2.99. The molecular weight excluding hydrogens is 176 g/mol. The van der Waals surface area contributed by atoms with Crippen molar-refractivity contribution in [2.75, 3.05) is 20.2 Å². The van der Waals surface area contributed by atoms with Crippen LogP contribution in [0.4, 0.5) is 0 Å². The van der Waals surface area contributed by atoms with Crippen LogP contribution in [-0.4, -0.2) is 49.3 Å². The van der Waals surface area contributed by atoms with Gasteiger partial charge in [0.1, 0.15) is 0 Å². The Morgan fingerprint density at radius 2 is 1.71 bits per heavy atom. The van der Waals surface area contributed by atoms with Crippen molar-refractivity contribution < 1.29 is 4.74 Å². The molecule has 1 heterocycles. The van der Waals surface area contributed by atoms with Gasteiger partial charge in [0.25, 0.3) is 0 Å². The molecule has 2 fully saturated rings. The number of nitrogens with one attached hydrogen (secondary N) is 1. The zero-order valence-corrected chi connectivity index (χ0v) is 9.49. The standard InChI is InChI=1S/C11H22N2O/c1-8-6-13(7-9(2)12-8)10-4-11(5-10)14-3/h8-12H,4-7H2,1-3H3/t8-,9-,10?,11?/m0/s1. The number of hydrogen-bond donors (Lipinski definition) is 1. The van der Waals surface area contributed by atoms with E-state index in [0.717, 1.165) is 6.04 Å². The minimum absolute atomic E-state index is 0.528. The smallest absolute Gasteiger partial charge is 0.0601 e. The van der Waals surface area contributed by atoms with Gasteiger partial charge in [0.15, 0.2) is 0 Å². The average Bonchev–Trinajstić information content (AvgIpc) is 2.00. The highest BCUT2D eigenvalue weighted by molar-refractivity contribution is 4.92. The van der Waals surface area contributed by atoms with Gasteiger partial charge >= 0.3 is 0 Å². The highest BCUT2D eigenvalue weighted by atomic mass is 16.5. The summed E-state index contributed by atoms with van der Waals surface area (Å²) >= 11 is 0. The van der Waals surface area contributed by atoms with Crippen molar-refractivity contribution in [2.24, 2.45) is 0 Å². The first-order valence-corrected chi connectivity index (χ1v) is 5.72. The molecule has 1 aliphatic heterocycles. The molecule has 2 atom stereocenters. The molecule has 2 aliphatic rings. The van der Waals surface area contributed by atoms with Crippen LogP contribution in [-0.2, 0) is 4.74 Å². The number of hydrogen-bond acceptors (Lipinski definition) is 3. The summed E-state index contributed by atoms with van der Waals surface area (Å²) in [5.74, 6) is 0. The molecule has 0 bridgehead atoms. The second-order valence-electron chi connectivity index (χ2n) is 4.91. The summed E-state index contributed by atoms with van der Waals surface area (Å²) in [7, 11) is 1.82. The highest BCUT2D eigenvalue weighted by Crippen LogP contribution is 2.28. The van der Waals surface area contributed by atoms with Gasteiger partial charge in [-0.1, -0.05) is 0 Å². The third kappa shape index (κ3) is 2.10. The number of nitrogens with zero attached hydrogens (tertiary/aromatic N) is 1. The Labute approximate surface area is 86.8 Å². The van der Waals surface area contributed by atoms with Gasteiger partial charge in [0.05, 0.1) is 6.10 Å². The molecule has 3 nitrogen and oxygen atoms in total. The molecule has 0 unspecified atom stereocenters. The van der Waals surface area contributed by atoms with Crippen molar-refractivity contribution in [3.8, 4) is 0 Å². The van der Waals surface area contributed by atoms with Crippen molar-refractivity contribution in [1.29, 1.82) is 0 Å². The lowest BCUT2D eigenvalue weighted by molar-refractivity contribution is -0.0383. The van der Waals surface area contributed by atoms with E-state index in [2.05, 4.69) is 24.1 Å². The van der Waals surface area contributed by atoms with E-state index >= 15 is 0 Å². The van der Waals surface area contributed by atoms with Gasteiger partial charge in [0, 0.05) is 38.3 Å². The van der Waals surface area contributed by atoms with E-state index in [1.165, 1.54) is 25.9 Å². The Morgan fingerprint density at radius 1 is 1.14 bits per heavy atom. The van der Waals surface area contributed by atoms with E-state index in [1.807, 2.05) is 7.11 Å².